The van der Waals surface area contributed by atoms with Crippen molar-refractivity contribution in [1.29, 1.82) is 0 Å². The van der Waals surface area contributed by atoms with Crippen molar-refractivity contribution in [2.45, 2.75) is 32.2 Å². The van der Waals surface area contributed by atoms with Gasteiger partial charge in [-0.2, -0.15) is 0 Å². The first-order valence-corrected chi connectivity index (χ1v) is 9.69. The first-order chi connectivity index (χ1) is 13.8. The molecule has 5 heteroatoms. The third-order valence-corrected chi connectivity index (χ3v) is 5.22. The number of rotatable bonds is 5. The van der Waals surface area contributed by atoms with Gasteiger partial charge in [0.25, 0.3) is 11.7 Å². The van der Waals surface area contributed by atoms with E-state index >= 15 is 0 Å². The van der Waals surface area contributed by atoms with Gasteiger partial charge in [0.15, 0.2) is 0 Å². The molecular formula is C24H27NO4. The summed E-state index contributed by atoms with van der Waals surface area (Å²) in [5, 5.41) is 10.9. The number of amides is 1. The molecule has 1 aliphatic heterocycles. The maximum Gasteiger partial charge on any atom is 0.295 e. The molecule has 2 aromatic rings. The predicted octanol–water partition coefficient (Wildman–Crippen LogP) is 4.05. The van der Waals surface area contributed by atoms with Crippen molar-refractivity contribution in [3.8, 4) is 0 Å². The topological polar surface area (TPSA) is 66.8 Å². The van der Waals surface area contributed by atoms with Crippen LogP contribution in [0.3, 0.4) is 0 Å². The third-order valence-electron chi connectivity index (χ3n) is 5.22. The number of aliphatic hydroxyl groups excluding tert-OH is 1. The van der Waals surface area contributed by atoms with Crippen LogP contribution in [-0.4, -0.2) is 42.0 Å². The molecule has 3 rings (SSSR count). The molecule has 1 N–H and O–H groups in total. The highest BCUT2D eigenvalue weighted by Crippen LogP contribution is 2.39. The summed E-state index contributed by atoms with van der Waals surface area (Å²) in [6.07, 6.45) is 0. The van der Waals surface area contributed by atoms with Crippen LogP contribution >= 0.6 is 0 Å². The highest BCUT2D eigenvalue weighted by molar-refractivity contribution is 6.46. The lowest BCUT2D eigenvalue weighted by atomic mass is 9.85. The Hall–Kier alpha value is -2.92. The summed E-state index contributed by atoms with van der Waals surface area (Å²) in [4.78, 5) is 27.1. The molecule has 1 fully saturated rings. The summed E-state index contributed by atoms with van der Waals surface area (Å²) >= 11 is 0. The number of likely N-dealkylation sites (tertiary alicyclic amines) is 1. The molecule has 1 aliphatic rings. The van der Waals surface area contributed by atoms with Crippen molar-refractivity contribution in [1.82, 2.24) is 4.90 Å². The van der Waals surface area contributed by atoms with Crippen molar-refractivity contribution in [3.63, 3.8) is 0 Å². The first-order valence-electron chi connectivity index (χ1n) is 9.69. The second kappa shape index (κ2) is 8.21. The highest BCUT2D eigenvalue weighted by atomic mass is 16.5. The lowest BCUT2D eigenvalue weighted by molar-refractivity contribution is -0.140. The van der Waals surface area contributed by atoms with Crippen LogP contribution < -0.4 is 0 Å². The first kappa shape index (κ1) is 20.8. The number of nitrogens with zero attached hydrogens (tertiary/aromatic N) is 1. The minimum absolute atomic E-state index is 0.0135. The number of methoxy groups -OCH3 is 1. The van der Waals surface area contributed by atoms with Crippen molar-refractivity contribution >= 4 is 17.4 Å². The zero-order valence-corrected chi connectivity index (χ0v) is 17.3. The number of Topliss-reactive ketones (excluding diaryl/α,β-unsaturated/α-hetero) is 1. The van der Waals surface area contributed by atoms with Crippen molar-refractivity contribution in [2.24, 2.45) is 0 Å². The van der Waals surface area contributed by atoms with Crippen molar-refractivity contribution < 1.29 is 19.4 Å². The molecule has 1 heterocycles. The SMILES string of the molecule is COCCN1C(=O)C(=O)C(=C(O)c2ccccc2)[C@H]1c1ccc(C(C)(C)C)cc1. The average Bonchev–Trinajstić information content (AvgIpc) is 2.96. The smallest absolute Gasteiger partial charge is 0.295 e. The van der Waals surface area contributed by atoms with Crippen molar-refractivity contribution in [3.05, 3.63) is 76.9 Å². The molecule has 1 atom stereocenters. The van der Waals surface area contributed by atoms with E-state index in [4.69, 9.17) is 4.74 Å². The van der Waals surface area contributed by atoms with E-state index in [1.807, 2.05) is 30.3 Å². The summed E-state index contributed by atoms with van der Waals surface area (Å²) < 4.78 is 5.13. The zero-order chi connectivity index (χ0) is 21.2. The van der Waals surface area contributed by atoms with Crippen molar-refractivity contribution in [2.75, 3.05) is 20.3 Å². The molecule has 1 amide bonds. The third kappa shape index (κ3) is 4.10. The summed E-state index contributed by atoms with van der Waals surface area (Å²) in [6, 6.07) is 16.0. The number of hydrogen-bond donors (Lipinski definition) is 1. The Morgan fingerprint density at radius 2 is 1.66 bits per heavy atom. The minimum Gasteiger partial charge on any atom is -0.507 e. The van der Waals surface area contributed by atoms with E-state index < -0.39 is 17.7 Å². The molecule has 0 aromatic heterocycles. The van der Waals surface area contributed by atoms with E-state index in [1.54, 1.807) is 31.4 Å². The van der Waals surface area contributed by atoms with Gasteiger partial charge in [0.2, 0.25) is 0 Å². The Balaban J connectivity index is 2.13. The van der Waals surface area contributed by atoms with Crippen LogP contribution in [0.4, 0.5) is 0 Å². The van der Waals surface area contributed by atoms with Gasteiger partial charge in [-0.1, -0.05) is 75.4 Å². The Morgan fingerprint density at radius 3 is 2.21 bits per heavy atom. The van der Waals surface area contributed by atoms with Crippen LogP contribution in [0.2, 0.25) is 0 Å². The van der Waals surface area contributed by atoms with Gasteiger partial charge in [0, 0.05) is 19.2 Å². The molecule has 2 aromatic carbocycles. The fourth-order valence-electron chi connectivity index (χ4n) is 3.56. The van der Waals surface area contributed by atoms with Gasteiger partial charge in [0.05, 0.1) is 18.2 Å². The molecule has 0 bridgehead atoms. The molecule has 0 saturated carbocycles. The fourth-order valence-corrected chi connectivity index (χ4v) is 3.56. The Bertz CT molecular complexity index is 924. The monoisotopic (exact) mass is 393 g/mol. The second-order valence-electron chi connectivity index (χ2n) is 8.22. The number of hydrogen-bond acceptors (Lipinski definition) is 4. The van der Waals surface area contributed by atoms with Gasteiger partial charge in [-0.15, -0.1) is 0 Å². The zero-order valence-electron chi connectivity index (χ0n) is 17.3. The second-order valence-corrected chi connectivity index (χ2v) is 8.22. The largest absolute Gasteiger partial charge is 0.507 e. The fraction of sp³-hybridized carbons (Fsp3) is 0.333. The molecule has 0 spiro atoms. The number of aliphatic hydroxyl groups is 1. The quantitative estimate of drug-likeness (QED) is 0.473. The van der Waals surface area contributed by atoms with E-state index in [0.717, 1.165) is 11.1 Å². The number of benzene rings is 2. The maximum atomic E-state index is 12.9. The Morgan fingerprint density at radius 1 is 1.03 bits per heavy atom. The molecule has 152 valence electrons. The summed E-state index contributed by atoms with van der Waals surface area (Å²) in [5.41, 5.74) is 2.54. The van der Waals surface area contributed by atoms with E-state index in [9.17, 15) is 14.7 Å². The van der Waals surface area contributed by atoms with Gasteiger partial charge >= 0.3 is 0 Å². The normalized spacial score (nSPS) is 19.0. The number of ketones is 1. The van der Waals surface area contributed by atoms with E-state index in [1.165, 1.54) is 4.90 Å². The lowest BCUT2D eigenvalue weighted by Crippen LogP contribution is -2.32. The van der Waals surface area contributed by atoms with Crippen LogP contribution in [0.1, 0.15) is 43.5 Å². The van der Waals surface area contributed by atoms with Gasteiger partial charge in [0.1, 0.15) is 5.76 Å². The lowest BCUT2D eigenvalue weighted by Gasteiger charge is -2.26. The minimum atomic E-state index is -0.674. The standard InChI is InChI=1S/C24H27NO4/c1-24(2,3)18-12-10-16(11-13-18)20-19(21(26)17-8-6-5-7-9-17)22(27)23(28)25(20)14-15-29-4/h5-13,20,26H,14-15H2,1-4H3/t20-/m1/s1. The molecule has 29 heavy (non-hydrogen) atoms. The van der Waals surface area contributed by atoms with E-state index in [2.05, 4.69) is 20.8 Å². The molecule has 0 unspecified atom stereocenters. The van der Waals surface area contributed by atoms with Crippen LogP contribution in [-0.2, 0) is 19.7 Å². The molecule has 0 aliphatic carbocycles. The average molecular weight is 393 g/mol. The maximum absolute atomic E-state index is 12.9. The van der Waals surface area contributed by atoms with Crippen LogP contribution in [0, 0.1) is 0 Å². The van der Waals surface area contributed by atoms with E-state index in [-0.39, 0.29) is 23.3 Å². The predicted molar refractivity (Wildman–Crippen MR) is 112 cm³/mol. The van der Waals surface area contributed by atoms with Crippen LogP contribution in [0.15, 0.2) is 60.2 Å². The number of ether oxygens (including phenoxy) is 1. The Labute approximate surface area is 171 Å². The molecule has 5 nitrogen and oxygen atoms in total. The number of carbonyl (C=O) groups is 2. The van der Waals surface area contributed by atoms with Gasteiger partial charge in [-0.05, 0) is 16.5 Å². The van der Waals surface area contributed by atoms with Gasteiger partial charge in [-0.25, -0.2) is 0 Å². The number of carbonyl (C=O) groups excluding carboxylic acids is 2. The van der Waals surface area contributed by atoms with E-state index in [0.29, 0.717) is 12.2 Å². The van der Waals surface area contributed by atoms with Crippen LogP contribution in [0.25, 0.3) is 5.76 Å². The summed E-state index contributed by atoms with van der Waals surface area (Å²) in [7, 11) is 1.55. The molecule has 1 saturated heterocycles. The highest BCUT2D eigenvalue weighted by Gasteiger charge is 2.45. The van der Waals surface area contributed by atoms with Gasteiger partial charge < -0.3 is 14.7 Å². The van der Waals surface area contributed by atoms with Crippen LogP contribution in [0.5, 0.6) is 0 Å². The summed E-state index contributed by atoms with van der Waals surface area (Å²) in [6.45, 7) is 6.94. The molecular weight excluding hydrogens is 366 g/mol. The summed E-state index contributed by atoms with van der Waals surface area (Å²) in [5.74, 6) is -1.45. The Kier molecular flexibility index (Phi) is 5.89. The molecule has 0 radical (unpaired) electrons. The van der Waals surface area contributed by atoms with Gasteiger partial charge in [-0.3, -0.25) is 9.59 Å².